The predicted molar refractivity (Wildman–Crippen MR) is 170 cm³/mol. The van der Waals surface area contributed by atoms with Crippen molar-refractivity contribution >= 4 is 0 Å². The van der Waals surface area contributed by atoms with E-state index in [1.54, 1.807) is 0 Å². The van der Waals surface area contributed by atoms with E-state index in [9.17, 15) is 5.11 Å². The van der Waals surface area contributed by atoms with Crippen LogP contribution in [0.15, 0.2) is 24.3 Å². The topological polar surface area (TPSA) is 23.5 Å². The molecule has 0 bridgehead atoms. The molecule has 0 aliphatic carbocycles. The van der Waals surface area contributed by atoms with E-state index in [2.05, 4.69) is 24.8 Å². The maximum atomic E-state index is 9.89. The van der Waals surface area contributed by atoms with Crippen molar-refractivity contribution in [2.24, 2.45) is 0 Å². The average Bonchev–Trinajstić information content (AvgIpc) is 2.93. The van der Waals surface area contributed by atoms with Crippen molar-refractivity contribution in [2.75, 3.05) is 19.6 Å². The highest BCUT2D eigenvalue weighted by Gasteiger charge is 2.05. The summed E-state index contributed by atoms with van der Waals surface area (Å²) in [5.74, 6) is 0.464. The number of hydrogen-bond acceptors (Lipinski definition) is 2. The van der Waals surface area contributed by atoms with Gasteiger partial charge in [-0.3, -0.25) is 0 Å². The minimum atomic E-state index is 0.464. The van der Waals surface area contributed by atoms with Gasteiger partial charge in [0.25, 0.3) is 0 Å². The van der Waals surface area contributed by atoms with Crippen molar-refractivity contribution in [1.29, 1.82) is 0 Å². The van der Waals surface area contributed by atoms with Gasteiger partial charge in [0, 0.05) is 0 Å². The highest BCUT2D eigenvalue weighted by Crippen LogP contribution is 2.19. The molecule has 0 unspecified atom stereocenters. The van der Waals surface area contributed by atoms with Gasteiger partial charge in [-0.05, 0) is 63.4 Å². The average molecular weight is 530 g/mol. The smallest absolute Gasteiger partial charge is 0.118 e. The Morgan fingerprint density at radius 2 is 0.789 bits per heavy atom. The first kappa shape index (κ1) is 35.0. The molecule has 0 spiro atoms. The Morgan fingerprint density at radius 1 is 0.447 bits per heavy atom. The molecule has 0 amide bonds. The molecule has 1 aromatic carbocycles. The third-order valence-electron chi connectivity index (χ3n) is 8.32. The summed E-state index contributed by atoms with van der Waals surface area (Å²) in [4.78, 5) is 2.81. The van der Waals surface area contributed by atoms with E-state index >= 15 is 0 Å². The quantitative estimate of drug-likeness (QED) is 0.104. The molecule has 0 aromatic heterocycles. The summed E-state index contributed by atoms with van der Waals surface area (Å²) in [6.45, 7) is 8.62. The van der Waals surface area contributed by atoms with E-state index in [4.69, 9.17) is 0 Å². The molecule has 0 aliphatic heterocycles. The Hall–Kier alpha value is -1.02. The fraction of sp³-hybridized carbons (Fsp3) is 0.833. The molecule has 1 N–H and O–H groups in total. The first-order valence-corrected chi connectivity index (χ1v) is 17.3. The number of aryl methyl sites for hydroxylation is 1. The lowest BCUT2D eigenvalue weighted by Crippen LogP contribution is -2.27. The number of para-hydroxylation sites is 1. The fourth-order valence-electron chi connectivity index (χ4n) is 5.71. The Bertz CT molecular complexity index is 581. The van der Waals surface area contributed by atoms with Crippen molar-refractivity contribution in [3.05, 3.63) is 29.8 Å². The molecule has 222 valence electrons. The van der Waals surface area contributed by atoms with Gasteiger partial charge < -0.3 is 10.0 Å². The second-order valence-corrected chi connectivity index (χ2v) is 12.0. The summed E-state index contributed by atoms with van der Waals surface area (Å²) < 4.78 is 0. The number of rotatable bonds is 29. The zero-order valence-corrected chi connectivity index (χ0v) is 26.0. The second kappa shape index (κ2) is 27.5. The number of aromatic hydroxyl groups is 1. The van der Waals surface area contributed by atoms with Crippen LogP contribution in [0, 0.1) is 0 Å². The van der Waals surface area contributed by atoms with Crippen LogP contribution in [0.25, 0.3) is 0 Å². The lowest BCUT2D eigenvalue weighted by molar-refractivity contribution is 0.254. The van der Waals surface area contributed by atoms with Crippen LogP contribution < -0.4 is 0 Å². The van der Waals surface area contributed by atoms with Gasteiger partial charge in [-0.2, -0.15) is 0 Å². The monoisotopic (exact) mass is 530 g/mol. The van der Waals surface area contributed by atoms with E-state index in [1.165, 1.54) is 174 Å². The van der Waals surface area contributed by atoms with Crippen molar-refractivity contribution in [1.82, 2.24) is 4.90 Å². The van der Waals surface area contributed by atoms with Crippen LogP contribution in [-0.4, -0.2) is 29.6 Å². The number of unbranched alkanes of at least 4 members (excludes halogenated alkanes) is 21. The number of hydrogen-bond donors (Lipinski definition) is 1. The predicted octanol–water partition coefficient (Wildman–Crippen LogP) is 11.6. The normalized spacial score (nSPS) is 11.6. The van der Waals surface area contributed by atoms with Gasteiger partial charge in [-0.1, -0.05) is 160 Å². The van der Waals surface area contributed by atoms with Gasteiger partial charge in [0.05, 0.1) is 0 Å². The summed E-state index contributed by atoms with van der Waals surface area (Å²) in [6, 6.07) is 7.80. The van der Waals surface area contributed by atoms with E-state index in [0.717, 1.165) is 12.0 Å². The summed E-state index contributed by atoms with van der Waals surface area (Å²) in [7, 11) is 0. The first-order valence-electron chi connectivity index (χ1n) is 17.3. The molecule has 1 aromatic rings. The third-order valence-corrected chi connectivity index (χ3v) is 8.32. The summed E-state index contributed by atoms with van der Waals surface area (Å²) in [5.41, 5.74) is 1.11. The molecule has 38 heavy (non-hydrogen) atoms. The molecule has 0 fully saturated rings. The molecule has 1 rings (SSSR count). The van der Waals surface area contributed by atoms with Crippen LogP contribution in [0.5, 0.6) is 5.75 Å². The minimum Gasteiger partial charge on any atom is -0.508 e. The van der Waals surface area contributed by atoms with Gasteiger partial charge in [-0.15, -0.1) is 0 Å². The number of phenolic OH excluding ortho intramolecular Hbond substituents is 1. The molecule has 0 saturated carbocycles. The summed E-state index contributed by atoms with van der Waals surface area (Å²) in [5, 5.41) is 9.89. The van der Waals surface area contributed by atoms with Crippen molar-refractivity contribution in [2.45, 2.75) is 174 Å². The molecule has 0 atom stereocenters. The molecule has 0 saturated heterocycles. The van der Waals surface area contributed by atoms with E-state index in [-0.39, 0.29) is 0 Å². The number of nitrogens with zero attached hydrogens (tertiary/aromatic N) is 1. The van der Waals surface area contributed by atoms with Crippen LogP contribution in [0.4, 0.5) is 0 Å². The molecule has 0 heterocycles. The maximum Gasteiger partial charge on any atom is 0.118 e. The van der Waals surface area contributed by atoms with Gasteiger partial charge >= 0.3 is 0 Å². The molecular formula is C36H67NO. The van der Waals surface area contributed by atoms with Crippen LogP contribution in [0.3, 0.4) is 0 Å². The number of benzene rings is 1. The first-order chi connectivity index (χ1) is 18.8. The van der Waals surface area contributed by atoms with Crippen LogP contribution in [0.1, 0.15) is 174 Å². The second-order valence-electron chi connectivity index (χ2n) is 12.0. The fourth-order valence-corrected chi connectivity index (χ4v) is 5.71. The van der Waals surface area contributed by atoms with Gasteiger partial charge in [0.1, 0.15) is 5.75 Å². The Morgan fingerprint density at radius 3 is 1.18 bits per heavy atom. The Labute approximate surface area is 239 Å². The van der Waals surface area contributed by atoms with Gasteiger partial charge in [-0.25, -0.2) is 0 Å². The molecule has 0 aliphatic rings. The van der Waals surface area contributed by atoms with Crippen LogP contribution >= 0.6 is 0 Å². The third kappa shape index (κ3) is 21.9. The zero-order valence-electron chi connectivity index (χ0n) is 26.0. The molecule has 2 heteroatoms. The molecule has 2 nitrogen and oxygen atoms in total. The highest BCUT2D eigenvalue weighted by molar-refractivity contribution is 5.31. The standard InChI is InChI=1S/C36H67NO/c1-3-5-7-9-11-16-20-26-32-37(33-27-21-17-12-10-8-6-4-2)34-28-22-18-14-13-15-19-23-29-35-30-24-25-31-36(35)38/h24-25,30-31,38H,3-23,26-29,32-34H2,1-2H3. The van der Waals surface area contributed by atoms with Crippen molar-refractivity contribution in [3.8, 4) is 5.75 Å². The number of phenols is 1. The zero-order chi connectivity index (χ0) is 27.4. The van der Waals surface area contributed by atoms with Crippen molar-refractivity contribution < 1.29 is 5.11 Å². The lowest BCUT2D eigenvalue weighted by atomic mass is 10.0. The van der Waals surface area contributed by atoms with E-state index in [1.807, 2.05) is 18.2 Å². The van der Waals surface area contributed by atoms with Crippen LogP contribution in [0.2, 0.25) is 0 Å². The van der Waals surface area contributed by atoms with Gasteiger partial charge in [0.15, 0.2) is 0 Å². The van der Waals surface area contributed by atoms with Crippen molar-refractivity contribution in [3.63, 3.8) is 0 Å². The van der Waals surface area contributed by atoms with Gasteiger partial charge in [0.2, 0.25) is 0 Å². The van der Waals surface area contributed by atoms with Crippen LogP contribution in [-0.2, 0) is 6.42 Å². The minimum absolute atomic E-state index is 0.464. The highest BCUT2D eigenvalue weighted by atomic mass is 16.3. The summed E-state index contributed by atoms with van der Waals surface area (Å²) in [6.07, 6.45) is 34.6. The largest absolute Gasteiger partial charge is 0.508 e. The van der Waals surface area contributed by atoms with E-state index < -0.39 is 0 Å². The SMILES string of the molecule is CCCCCCCCCCN(CCCCCCCCCC)CCCCCCCCCCc1ccccc1O. The Balaban J connectivity index is 2.08. The summed E-state index contributed by atoms with van der Waals surface area (Å²) >= 11 is 0. The molecular weight excluding hydrogens is 462 g/mol. The lowest BCUT2D eigenvalue weighted by Gasteiger charge is -2.22. The maximum absolute atomic E-state index is 9.89. The molecule has 0 radical (unpaired) electrons. The van der Waals surface area contributed by atoms with E-state index in [0.29, 0.717) is 5.75 Å². The Kier molecular flexibility index (Phi) is 25.4.